The van der Waals surface area contributed by atoms with Gasteiger partial charge in [-0.3, -0.25) is 9.80 Å². The molecule has 268 valence electrons. The van der Waals surface area contributed by atoms with Crippen LogP contribution in [0.5, 0.6) is 28.7 Å². The summed E-state index contributed by atoms with van der Waals surface area (Å²) in [5, 5.41) is 11.1. The highest BCUT2D eigenvalue weighted by Gasteiger charge is 2.57. The zero-order valence-electron chi connectivity index (χ0n) is 30.3. The van der Waals surface area contributed by atoms with Gasteiger partial charge in [0.2, 0.25) is 6.79 Å². The van der Waals surface area contributed by atoms with E-state index in [2.05, 4.69) is 66.8 Å². The second-order valence-corrected chi connectivity index (χ2v) is 14.1. The van der Waals surface area contributed by atoms with Crippen LogP contribution in [0.3, 0.4) is 0 Å². The maximum Gasteiger partial charge on any atom is 0.231 e. The molecule has 4 aliphatic heterocycles. The zero-order valence-corrected chi connectivity index (χ0v) is 30.3. The summed E-state index contributed by atoms with van der Waals surface area (Å²) < 4.78 is 38.4. The minimum Gasteiger partial charge on any atom is -0.493 e. The zero-order chi connectivity index (χ0) is 35.9. The van der Waals surface area contributed by atoms with Gasteiger partial charge in [-0.05, 0) is 56.0 Å². The van der Waals surface area contributed by atoms with Crippen molar-refractivity contribution in [1.29, 1.82) is 5.26 Å². The van der Waals surface area contributed by atoms with Crippen molar-refractivity contribution in [1.82, 2.24) is 9.80 Å². The molecule has 0 unspecified atom stereocenters. The average molecular weight is 700 g/mol. The summed E-state index contributed by atoms with van der Waals surface area (Å²) in [5.74, 6) is 3.69. The molecular weight excluding hydrogens is 654 g/mol. The number of fused-ring (bicyclic) bond motifs is 9. The van der Waals surface area contributed by atoms with Crippen LogP contribution in [0.25, 0.3) is 0 Å². The Balaban J connectivity index is 1.31. The Morgan fingerprint density at radius 1 is 0.885 bits per heavy atom. The van der Waals surface area contributed by atoms with E-state index in [1.54, 1.807) is 13.2 Å². The first-order valence-corrected chi connectivity index (χ1v) is 18.0. The summed E-state index contributed by atoms with van der Waals surface area (Å²) in [6.45, 7) is 9.70. The number of hydrogen-bond acceptors (Lipinski definition) is 9. The highest BCUT2D eigenvalue weighted by molar-refractivity contribution is 5.66. The lowest BCUT2D eigenvalue weighted by atomic mass is 9.71. The smallest absolute Gasteiger partial charge is 0.231 e. The van der Waals surface area contributed by atoms with Crippen molar-refractivity contribution in [2.24, 2.45) is 0 Å². The summed E-state index contributed by atoms with van der Waals surface area (Å²) in [7, 11) is 3.85. The van der Waals surface area contributed by atoms with Gasteiger partial charge in [0.1, 0.15) is 25.0 Å². The number of likely N-dealkylation sites (N-methyl/N-ethyl adjacent to an activating group) is 1. The fourth-order valence-electron chi connectivity index (χ4n) is 9.04. The van der Waals surface area contributed by atoms with Crippen LogP contribution < -0.4 is 23.7 Å². The number of nitrogens with zero attached hydrogens (tertiary/aromatic N) is 3. The minimum absolute atomic E-state index is 0.0681. The van der Waals surface area contributed by atoms with Gasteiger partial charge in [-0.25, -0.2) is 0 Å². The summed E-state index contributed by atoms with van der Waals surface area (Å²) in [4.78, 5) is 4.80. The Hall–Kier alpha value is -5.01. The molecule has 0 aliphatic carbocycles. The van der Waals surface area contributed by atoms with Crippen LogP contribution in [0, 0.1) is 25.2 Å². The molecule has 0 saturated carbocycles. The van der Waals surface area contributed by atoms with E-state index in [0.717, 1.165) is 61.9 Å². The van der Waals surface area contributed by atoms with E-state index in [1.807, 2.05) is 43.3 Å². The van der Waals surface area contributed by atoms with Gasteiger partial charge in [-0.1, -0.05) is 79.4 Å². The van der Waals surface area contributed by atoms with Crippen molar-refractivity contribution >= 4 is 0 Å². The molecule has 2 bridgehead atoms. The topological polar surface area (TPSA) is 85.7 Å². The molecule has 4 aromatic rings. The molecule has 52 heavy (non-hydrogen) atoms. The van der Waals surface area contributed by atoms with Crippen LogP contribution in [0.4, 0.5) is 0 Å². The molecule has 0 spiro atoms. The third kappa shape index (κ3) is 5.66. The largest absolute Gasteiger partial charge is 0.493 e. The SMILES string of the molecule is C=CCOc1c(OC)c(C)cc2c1[C@@H]1[C@@H]3Cc4c(OCc5ccccc5)c(C)c5c(c4[C@H](COCc4ccccc4)N3[C@@H](C#N)[C@H](C2)N1C)OCO5. The number of ether oxygens (including phenoxy) is 6. The Bertz CT molecular complexity index is 2010. The Labute approximate surface area is 305 Å². The van der Waals surface area contributed by atoms with Crippen LogP contribution in [-0.2, 0) is 30.8 Å². The number of hydrogen-bond donors (Lipinski definition) is 0. The second kappa shape index (κ2) is 14.2. The van der Waals surface area contributed by atoms with Crippen molar-refractivity contribution in [3.8, 4) is 34.8 Å². The molecule has 0 amide bonds. The molecule has 4 aliphatic rings. The van der Waals surface area contributed by atoms with Gasteiger partial charge >= 0.3 is 0 Å². The van der Waals surface area contributed by atoms with Gasteiger partial charge in [0.05, 0.1) is 38.5 Å². The number of rotatable bonds is 11. The highest BCUT2D eigenvalue weighted by atomic mass is 16.7. The van der Waals surface area contributed by atoms with Crippen LogP contribution in [-0.4, -0.2) is 62.1 Å². The van der Waals surface area contributed by atoms with Crippen molar-refractivity contribution < 1.29 is 28.4 Å². The van der Waals surface area contributed by atoms with E-state index in [4.69, 9.17) is 28.4 Å². The van der Waals surface area contributed by atoms with Crippen LogP contribution in [0.2, 0.25) is 0 Å². The number of methoxy groups -OCH3 is 1. The molecule has 0 aromatic heterocycles. The van der Waals surface area contributed by atoms with E-state index < -0.39 is 6.04 Å². The second-order valence-electron chi connectivity index (χ2n) is 14.1. The highest BCUT2D eigenvalue weighted by Crippen LogP contribution is 2.58. The predicted molar refractivity (Wildman–Crippen MR) is 197 cm³/mol. The van der Waals surface area contributed by atoms with Gasteiger partial charge in [0.25, 0.3) is 0 Å². The molecule has 0 N–H and O–H groups in total. The fraction of sp³-hybridized carbons (Fsp3) is 0.372. The normalized spacial score (nSPS) is 22.8. The molecule has 1 fully saturated rings. The molecule has 9 nitrogen and oxygen atoms in total. The monoisotopic (exact) mass is 699 g/mol. The number of benzene rings is 4. The van der Waals surface area contributed by atoms with Crippen molar-refractivity contribution in [2.75, 3.05) is 34.2 Å². The lowest BCUT2D eigenvalue weighted by Gasteiger charge is -2.60. The van der Waals surface area contributed by atoms with Crippen LogP contribution in [0.1, 0.15) is 56.6 Å². The van der Waals surface area contributed by atoms with Crippen molar-refractivity contribution in [3.63, 3.8) is 0 Å². The quantitative estimate of drug-likeness (QED) is 0.151. The van der Waals surface area contributed by atoms with Gasteiger partial charge < -0.3 is 28.4 Å². The number of nitriles is 1. The van der Waals surface area contributed by atoms with Gasteiger partial charge in [-0.2, -0.15) is 5.26 Å². The average Bonchev–Trinajstić information content (AvgIpc) is 3.65. The lowest BCUT2D eigenvalue weighted by molar-refractivity contribution is -0.0908. The summed E-state index contributed by atoms with van der Waals surface area (Å²) >= 11 is 0. The predicted octanol–water partition coefficient (Wildman–Crippen LogP) is 7.17. The Kier molecular flexibility index (Phi) is 9.31. The molecule has 8 rings (SSSR count). The molecule has 5 atom stereocenters. The van der Waals surface area contributed by atoms with Crippen molar-refractivity contribution in [2.45, 2.75) is 70.1 Å². The number of piperazine rings is 1. The maximum absolute atomic E-state index is 11.1. The first-order valence-electron chi connectivity index (χ1n) is 18.0. The first-order chi connectivity index (χ1) is 25.4. The molecule has 9 heteroatoms. The van der Waals surface area contributed by atoms with Gasteiger partial charge in [-0.15, -0.1) is 0 Å². The maximum atomic E-state index is 11.1. The Morgan fingerprint density at radius 3 is 2.29 bits per heavy atom. The van der Waals surface area contributed by atoms with E-state index in [1.165, 1.54) is 5.56 Å². The molecule has 4 aromatic carbocycles. The van der Waals surface area contributed by atoms with E-state index in [-0.39, 0.29) is 31.0 Å². The van der Waals surface area contributed by atoms with Crippen LogP contribution in [0.15, 0.2) is 79.4 Å². The Morgan fingerprint density at radius 2 is 1.60 bits per heavy atom. The summed E-state index contributed by atoms with van der Waals surface area (Å²) in [6, 6.07) is 24.3. The first kappa shape index (κ1) is 34.1. The third-order valence-corrected chi connectivity index (χ3v) is 11.2. The third-order valence-electron chi connectivity index (χ3n) is 11.2. The number of aryl methyl sites for hydroxylation is 1. The molecule has 0 radical (unpaired) electrons. The van der Waals surface area contributed by atoms with Crippen LogP contribution >= 0.6 is 0 Å². The van der Waals surface area contributed by atoms with E-state index >= 15 is 0 Å². The van der Waals surface area contributed by atoms with Gasteiger partial charge in [0.15, 0.2) is 23.0 Å². The molecular formula is C43H45N3O6. The van der Waals surface area contributed by atoms with Crippen molar-refractivity contribution in [3.05, 3.63) is 124 Å². The van der Waals surface area contributed by atoms with E-state index in [9.17, 15) is 5.26 Å². The van der Waals surface area contributed by atoms with E-state index in [0.29, 0.717) is 45.0 Å². The standard InChI is InChI=1S/C43H45N3O6/c1-6-17-49-42-36-30(18-26(2)39(42)47-5)19-32-34(21-44)46-33(38(36)45(32)4)20-31-37(35(46)24-48-22-28-13-9-7-10-14-28)43-41(51-25-52-43)27(3)40(31)50-23-29-15-11-8-12-16-29/h6-16,18,32-35,38H,1,17,19-20,22-25H2,2-5H3/t32-,33-,34-,35-,38-/m0/s1. The summed E-state index contributed by atoms with van der Waals surface area (Å²) in [5.41, 5.74) is 8.42. The van der Waals surface area contributed by atoms with Gasteiger partial charge in [0, 0.05) is 34.3 Å². The fourth-order valence-corrected chi connectivity index (χ4v) is 9.04. The minimum atomic E-state index is -0.425. The summed E-state index contributed by atoms with van der Waals surface area (Å²) in [6.07, 6.45) is 3.07. The lowest BCUT2D eigenvalue weighted by Crippen LogP contribution is -2.68. The molecule has 1 saturated heterocycles. The molecule has 4 heterocycles.